The van der Waals surface area contributed by atoms with Crippen molar-refractivity contribution in [2.45, 2.75) is 63.2 Å². The van der Waals surface area contributed by atoms with Crippen molar-refractivity contribution in [3.8, 4) is 0 Å². The lowest BCUT2D eigenvalue weighted by atomic mass is 9.78. The Kier molecular flexibility index (Phi) is 5.43. The molecule has 2 N–H and O–H groups in total. The normalized spacial score (nSPS) is 26.8. The average molecular weight is 351 g/mol. The van der Waals surface area contributed by atoms with Crippen molar-refractivity contribution in [2.24, 2.45) is 11.8 Å². The molecule has 2 aliphatic rings. The number of imide groups is 1. The lowest BCUT2D eigenvalue weighted by Crippen LogP contribution is -2.49. The lowest BCUT2D eigenvalue weighted by molar-refractivity contribution is -0.117. The number of aromatic nitrogens is 3. The maximum Gasteiger partial charge on any atom is 0.321 e. The molecule has 0 saturated heterocycles. The number of urea groups is 1. The topological polar surface area (TPSA) is 88.9 Å². The molecule has 0 aliphatic heterocycles. The minimum Gasteiger partial charge on any atom is -0.335 e. The maximum absolute atomic E-state index is 12.0. The van der Waals surface area contributed by atoms with Crippen LogP contribution in [0.15, 0.2) is 11.5 Å². The summed E-state index contributed by atoms with van der Waals surface area (Å²) in [5.74, 6) is 0.893. The fraction of sp³-hybridized carbons (Fsp3) is 0.750. The molecule has 2 aliphatic carbocycles. The van der Waals surface area contributed by atoms with Gasteiger partial charge in [0, 0.05) is 12.1 Å². The van der Waals surface area contributed by atoms with Gasteiger partial charge in [0.05, 0.1) is 5.75 Å². The second-order valence-corrected chi connectivity index (χ2v) is 7.88. The number of rotatable bonds is 5. The second kappa shape index (κ2) is 7.55. The molecule has 3 rings (SSSR count). The van der Waals surface area contributed by atoms with E-state index in [1.807, 2.05) is 4.57 Å². The van der Waals surface area contributed by atoms with Gasteiger partial charge in [0.25, 0.3) is 0 Å². The first-order valence-corrected chi connectivity index (χ1v) is 9.66. The molecule has 3 amide bonds. The Balaban J connectivity index is 1.42. The Morgan fingerprint density at radius 3 is 2.83 bits per heavy atom. The maximum atomic E-state index is 12.0. The zero-order chi connectivity index (χ0) is 17.1. The Hall–Kier alpha value is -1.57. The van der Waals surface area contributed by atoms with Crippen LogP contribution in [0.2, 0.25) is 0 Å². The first-order chi connectivity index (χ1) is 11.5. The molecule has 3 atom stereocenters. The molecule has 7 nitrogen and oxygen atoms in total. The van der Waals surface area contributed by atoms with Gasteiger partial charge in [-0.3, -0.25) is 10.1 Å². The van der Waals surface area contributed by atoms with Gasteiger partial charge in [0.15, 0.2) is 5.16 Å². The van der Waals surface area contributed by atoms with E-state index in [0.29, 0.717) is 17.9 Å². The van der Waals surface area contributed by atoms with Crippen molar-refractivity contribution in [1.29, 1.82) is 0 Å². The fourth-order valence-electron chi connectivity index (χ4n) is 3.22. The smallest absolute Gasteiger partial charge is 0.321 e. The summed E-state index contributed by atoms with van der Waals surface area (Å²) in [7, 11) is 0. The van der Waals surface area contributed by atoms with E-state index in [0.717, 1.165) is 30.8 Å². The molecule has 1 aromatic heterocycles. The summed E-state index contributed by atoms with van der Waals surface area (Å²) >= 11 is 1.32. The Morgan fingerprint density at radius 2 is 2.08 bits per heavy atom. The quantitative estimate of drug-likeness (QED) is 0.795. The second-order valence-electron chi connectivity index (χ2n) is 6.94. The van der Waals surface area contributed by atoms with Gasteiger partial charge in [-0.1, -0.05) is 38.5 Å². The van der Waals surface area contributed by atoms with Crippen molar-refractivity contribution in [1.82, 2.24) is 25.4 Å². The highest BCUT2D eigenvalue weighted by Gasteiger charge is 2.29. The minimum absolute atomic E-state index is 0.146. The standard InChI is InChI=1S/C16H25N5O2S/c1-10-4-3-5-13(11(10)2)18-15(23)19-14(22)8-24-16-20-17-9-21(16)12-6-7-12/h9-13H,3-8H2,1-2H3,(H2,18,19,22,23)/t10-,11+,13+/m1/s1. The molecule has 24 heavy (non-hydrogen) atoms. The largest absolute Gasteiger partial charge is 0.335 e. The number of nitrogens with one attached hydrogen (secondary N) is 2. The zero-order valence-corrected chi connectivity index (χ0v) is 15.0. The van der Waals surface area contributed by atoms with Crippen LogP contribution in [-0.2, 0) is 4.79 Å². The number of thioether (sulfide) groups is 1. The van der Waals surface area contributed by atoms with Gasteiger partial charge in [0.2, 0.25) is 5.91 Å². The third kappa shape index (κ3) is 4.28. The van der Waals surface area contributed by atoms with Crippen LogP contribution in [-0.4, -0.2) is 38.5 Å². The highest BCUT2D eigenvalue weighted by molar-refractivity contribution is 7.99. The summed E-state index contributed by atoms with van der Waals surface area (Å²) < 4.78 is 2.00. The Labute approximate surface area is 146 Å². The summed E-state index contributed by atoms with van der Waals surface area (Å²) in [6, 6.07) is 0.228. The van der Waals surface area contributed by atoms with E-state index in [-0.39, 0.29) is 17.7 Å². The summed E-state index contributed by atoms with van der Waals surface area (Å²) in [4.78, 5) is 24.0. The molecular formula is C16H25N5O2S. The van der Waals surface area contributed by atoms with Crippen LogP contribution in [0.1, 0.15) is 52.0 Å². The molecular weight excluding hydrogens is 326 g/mol. The predicted octanol–water partition coefficient (Wildman–Crippen LogP) is 2.36. The van der Waals surface area contributed by atoms with E-state index < -0.39 is 6.03 Å². The van der Waals surface area contributed by atoms with Crippen LogP contribution >= 0.6 is 11.8 Å². The monoisotopic (exact) mass is 351 g/mol. The Bertz CT molecular complexity index is 601. The summed E-state index contributed by atoms with van der Waals surface area (Å²) in [5.41, 5.74) is 0. The zero-order valence-electron chi connectivity index (χ0n) is 14.2. The average Bonchev–Trinajstić information content (AvgIpc) is 3.28. The van der Waals surface area contributed by atoms with E-state index in [2.05, 4.69) is 34.7 Å². The van der Waals surface area contributed by atoms with E-state index in [1.54, 1.807) is 6.33 Å². The molecule has 0 aromatic carbocycles. The van der Waals surface area contributed by atoms with Crippen LogP contribution in [0, 0.1) is 11.8 Å². The number of amides is 3. The van der Waals surface area contributed by atoms with Crippen molar-refractivity contribution in [2.75, 3.05) is 5.75 Å². The van der Waals surface area contributed by atoms with Gasteiger partial charge in [-0.2, -0.15) is 0 Å². The summed E-state index contributed by atoms with van der Waals surface area (Å²) in [5, 5.41) is 14.0. The molecule has 1 heterocycles. The number of hydrogen-bond acceptors (Lipinski definition) is 5. The van der Waals surface area contributed by atoms with E-state index in [9.17, 15) is 9.59 Å². The highest BCUT2D eigenvalue weighted by atomic mass is 32.2. The van der Waals surface area contributed by atoms with Crippen LogP contribution in [0.4, 0.5) is 4.79 Å². The molecule has 0 spiro atoms. The fourth-order valence-corrected chi connectivity index (χ4v) is 4.00. The minimum atomic E-state index is -0.393. The first-order valence-electron chi connectivity index (χ1n) is 8.67. The molecule has 0 bridgehead atoms. The van der Waals surface area contributed by atoms with E-state index >= 15 is 0 Å². The summed E-state index contributed by atoms with van der Waals surface area (Å²) in [6.45, 7) is 4.38. The van der Waals surface area contributed by atoms with Crippen molar-refractivity contribution in [3.63, 3.8) is 0 Å². The van der Waals surface area contributed by atoms with Crippen LogP contribution in [0.25, 0.3) is 0 Å². The van der Waals surface area contributed by atoms with Gasteiger partial charge in [-0.15, -0.1) is 10.2 Å². The van der Waals surface area contributed by atoms with Gasteiger partial charge in [-0.05, 0) is 31.1 Å². The third-order valence-corrected chi connectivity index (χ3v) is 6.05. The molecule has 0 radical (unpaired) electrons. The predicted molar refractivity (Wildman–Crippen MR) is 91.7 cm³/mol. The molecule has 1 aromatic rings. The molecule has 132 valence electrons. The highest BCUT2D eigenvalue weighted by Crippen LogP contribution is 2.37. The van der Waals surface area contributed by atoms with Gasteiger partial charge in [0.1, 0.15) is 6.33 Å². The van der Waals surface area contributed by atoms with Crippen molar-refractivity contribution < 1.29 is 9.59 Å². The number of carbonyl (C=O) groups is 2. The summed E-state index contributed by atoms with van der Waals surface area (Å²) in [6.07, 6.45) is 7.29. The molecule has 2 saturated carbocycles. The Morgan fingerprint density at radius 1 is 1.29 bits per heavy atom. The van der Waals surface area contributed by atoms with Crippen LogP contribution < -0.4 is 10.6 Å². The number of carbonyl (C=O) groups excluding carboxylic acids is 2. The lowest BCUT2D eigenvalue weighted by Gasteiger charge is -2.34. The molecule has 0 unspecified atom stereocenters. The van der Waals surface area contributed by atoms with Crippen LogP contribution in [0.3, 0.4) is 0 Å². The third-order valence-electron chi connectivity index (χ3n) is 5.09. The molecule has 8 heteroatoms. The first kappa shape index (κ1) is 17.3. The SMILES string of the molecule is C[C@H]1[C@H](C)CCC[C@@H]1NC(=O)NC(=O)CSc1nncn1C1CC1. The van der Waals surface area contributed by atoms with Gasteiger partial charge >= 0.3 is 6.03 Å². The van der Waals surface area contributed by atoms with Crippen LogP contribution in [0.5, 0.6) is 0 Å². The number of nitrogens with zero attached hydrogens (tertiary/aromatic N) is 3. The van der Waals surface area contributed by atoms with Crippen molar-refractivity contribution in [3.05, 3.63) is 6.33 Å². The van der Waals surface area contributed by atoms with E-state index in [4.69, 9.17) is 0 Å². The number of hydrogen-bond donors (Lipinski definition) is 2. The van der Waals surface area contributed by atoms with Crippen molar-refractivity contribution >= 4 is 23.7 Å². The van der Waals surface area contributed by atoms with E-state index in [1.165, 1.54) is 18.2 Å². The molecule has 2 fully saturated rings. The van der Waals surface area contributed by atoms with Gasteiger partial charge in [-0.25, -0.2) is 4.79 Å². The van der Waals surface area contributed by atoms with Gasteiger partial charge < -0.3 is 9.88 Å².